The molecule has 1 heterocycles. The van der Waals surface area contributed by atoms with Gasteiger partial charge in [0, 0.05) is 19.6 Å². The van der Waals surface area contributed by atoms with Crippen LogP contribution >= 0.6 is 23.5 Å². The lowest BCUT2D eigenvalue weighted by Gasteiger charge is -2.17. The molecule has 0 radical (unpaired) electrons. The molecule has 0 aromatic heterocycles. The lowest BCUT2D eigenvalue weighted by Crippen LogP contribution is -1.96. The zero-order valence-electron chi connectivity index (χ0n) is 11.8. The smallest absolute Gasteiger partial charge is 0.0262 e. The highest BCUT2D eigenvalue weighted by Gasteiger charge is 2.14. The minimum absolute atomic E-state index is 0.855. The molecule has 0 spiro atoms. The fourth-order valence-electron chi connectivity index (χ4n) is 1.87. The van der Waals surface area contributed by atoms with Crippen molar-refractivity contribution in [2.45, 2.75) is 45.8 Å². The Morgan fingerprint density at radius 2 is 1.15 bits per heavy atom. The quantitative estimate of drug-likeness (QED) is 0.653. The monoisotopic (exact) mass is 303 g/mol. The van der Waals surface area contributed by atoms with Gasteiger partial charge in [-0.3, -0.25) is 0 Å². The molecule has 3 heteroatoms. The van der Waals surface area contributed by atoms with Crippen molar-refractivity contribution in [2.75, 3.05) is 6.54 Å². The van der Waals surface area contributed by atoms with E-state index >= 15 is 0 Å². The molecule has 1 nitrogen and oxygen atoms in total. The van der Waals surface area contributed by atoms with Crippen LogP contribution in [0, 0.1) is 0 Å². The van der Waals surface area contributed by atoms with Crippen molar-refractivity contribution in [3.8, 4) is 0 Å². The molecule has 20 heavy (non-hydrogen) atoms. The first kappa shape index (κ1) is 15.5. The minimum atomic E-state index is 0.855. The second-order valence-corrected chi connectivity index (χ2v) is 6.76. The summed E-state index contributed by atoms with van der Waals surface area (Å²) in [6.45, 7) is 3.03. The number of nitrogens with two attached hydrogens (primary N) is 1. The van der Waals surface area contributed by atoms with Crippen LogP contribution in [0.4, 0.5) is 0 Å². The van der Waals surface area contributed by atoms with Crippen LogP contribution in [0.15, 0.2) is 68.1 Å². The van der Waals surface area contributed by atoms with Gasteiger partial charge in [0.25, 0.3) is 0 Å². The highest BCUT2D eigenvalue weighted by atomic mass is 32.2. The zero-order valence-corrected chi connectivity index (χ0v) is 13.5. The molecule has 0 bridgehead atoms. The first-order valence-electron chi connectivity index (χ1n) is 7.09. The van der Waals surface area contributed by atoms with Crippen LogP contribution in [0.25, 0.3) is 0 Å². The molecule has 1 aliphatic rings. The maximum absolute atomic E-state index is 5.21. The maximum Gasteiger partial charge on any atom is 0.0262 e. The molecule has 0 amide bonds. The van der Waals surface area contributed by atoms with Crippen molar-refractivity contribution in [3.63, 3.8) is 0 Å². The van der Waals surface area contributed by atoms with Crippen LogP contribution in [0.2, 0.25) is 0 Å². The molecular formula is C17H21NS2. The molecule has 0 aliphatic carbocycles. The predicted octanol–water partition coefficient (Wildman–Crippen LogP) is 5.44. The SMILES string of the molecule is CCCCCN.c1ccc2c(c1)Sc1ccccc1S2. The second kappa shape index (κ2) is 8.40. The van der Waals surface area contributed by atoms with E-state index in [0.717, 1.165) is 6.54 Å². The number of unbranched alkanes of at least 4 members (excludes halogenated alkanes) is 2. The van der Waals surface area contributed by atoms with E-state index in [-0.39, 0.29) is 0 Å². The van der Waals surface area contributed by atoms with Crippen molar-refractivity contribution in [2.24, 2.45) is 5.73 Å². The van der Waals surface area contributed by atoms with Gasteiger partial charge >= 0.3 is 0 Å². The molecule has 0 saturated carbocycles. The summed E-state index contributed by atoms with van der Waals surface area (Å²) in [7, 11) is 0. The van der Waals surface area contributed by atoms with E-state index in [1.165, 1.54) is 38.8 Å². The highest BCUT2D eigenvalue weighted by molar-refractivity contribution is 8.05. The summed E-state index contributed by atoms with van der Waals surface area (Å²) >= 11 is 3.72. The van der Waals surface area contributed by atoms with E-state index in [1.54, 1.807) is 0 Å². The van der Waals surface area contributed by atoms with Gasteiger partial charge in [-0.25, -0.2) is 0 Å². The van der Waals surface area contributed by atoms with Gasteiger partial charge in [-0.2, -0.15) is 0 Å². The van der Waals surface area contributed by atoms with Crippen LogP contribution in [-0.4, -0.2) is 6.54 Å². The molecule has 0 atom stereocenters. The maximum atomic E-state index is 5.21. The Kier molecular flexibility index (Phi) is 6.51. The van der Waals surface area contributed by atoms with Crippen LogP contribution in [0.5, 0.6) is 0 Å². The van der Waals surface area contributed by atoms with Gasteiger partial charge in [0.15, 0.2) is 0 Å². The van der Waals surface area contributed by atoms with E-state index in [0.29, 0.717) is 0 Å². The van der Waals surface area contributed by atoms with Crippen molar-refractivity contribution >= 4 is 23.5 Å². The van der Waals surface area contributed by atoms with Crippen molar-refractivity contribution in [1.82, 2.24) is 0 Å². The largest absolute Gasteiger partial charge is 0.330 e. The summed E-state index contributed by atoms with van der Waals surface area (Å²) in [5.41, 5.74) is 5.21. The Morgan fingerprint density at radius 3 is 1.40 bits per heavy atom. The van der Waals surface area contributed by atoms with Crippen LogP contribution in [0.1, 0.15) is 26.2 Å². The molecular weight excluding hydrogens is 282 g/mol. The Balaban J connectivity index is 0.000000212. The normalized spacial score (nSPS) is 11.9. The highest BCUT2D eigenvalue weighted by Crippen LogP contribution is 2.47. The topological polar surface area (TPSA) is 26.0 Å². The van der Waals surface area contributed by atoms with Crippen LogP contribution < -0.4 is 5.73 Å². The number of hydrogen-bond donors (Lipinski definition) is 1. The third-order valence-corrected chi connectivity index (χ3v) is 5.51. The van der Waals surface area contributed by atoms with Crippen LogP contribution in [-0.2, 0) is 0 Å². The number of benzene rings is 2. The first-order chi connectivity index (χ1) is 9.85. The molecule has 3 rings (SSSR count). The summed E-state index contributed by atoms with van der Waals surface area (Å²) in [5, 5.41) is 0. The van der Waals surface area contributed by atoms with E-state index < -0.39 is 0 Å². The van der Waals surface area contributed by atoms with Gasteiger partial charge < -0.3 is 5.73 Å². The zero-order chi connectivity index (χ0) is 14.2. The van der Waals surface area contributed by atoms with Crippen molar-refractivity contribution in [1.29, 1.82) is 0 Å². The Hall–Kier alpha value is -0.900. The molecule has 0 saturated heterocycles. The fourth-order valence-corrected chi connectivity index (χ4v) is 4.10. The molecule has 0 fully saturated rings. The number of hydrogen-bond acceptors (Lipinski definition) is 3. The summed E-state index contributed by atoms with van der Waals surface area (Å²) < 4.78 is 0. The van der Waals surface area contributed by atoms with Crippen LogP contribution in [0.3, 0.4) is 0 Å². The summed E-state index contributed by atoms with van der Waals surface area (Å²) in [5.74, 6) is 0. The fraction of sp³-hybridized carbons (Fsp3) is 0.294. The lowest BCUT2D eigenvalue weighted by atomic mass is 10.3. The third kappa shape index (κ3) is 4.30. The molecule has 2 N–H and O–H groups in total. The van der Waals surface area contributed by atoms with E-state index in [1.807, 2.05) is 23.5 Å². The number of rotatable bonds is 3. The van der Waals surface area contributed by atoms with Gasteiger partial charge in [-0.1, -0.05) is 67.6 Å². The van der Waals surface area contributed by atoms with E-state index in [4.69, 9.17) is 5.73 Å². The second-order valence-electron chi connectivity index (χ2n) is 4.59. The Labute approximate surface area is 130 Å². The molecule has 0 unspecified atom stereocenters. The standard InChI is InChI=1S/C12H8S2.C5H13N/c1-2-6-10-9(5-1)13-11-7-3-4-8-12(11)14-10;1-2-3-4-5-6/h1-8H;2-6H2,1H3. The van der Waals surface area contributed by atoms with E-state index in [9.17, 15) is 0 Å². The van der Waals surface area contributed by atoms with Crippen molar-refractivity contribution in [3.05, 3.63) is 48.5 Å². The Morgan fingerprint density at radius 1 is 0.750 bits per heavy atom. The van der Waals surface area contributed by atoms with Crippen molar-refractivity contribution < 1.29 is 0 Å². The number of fused-ring (bicyclic) bond motifs is 2. The van der Waals surface area contributed by atoms with Gasteiger partial charge in [0.2, 0.25) is 0 Å². The predicted molar refractivity (Wildman–Crippen MR) is 89.7 cm³/mol. The minimum Gasteiger partial charge on any atom is -0.330 e. The van der Waals surface area contributed by atoms with Gasteiger partial charge in [-0.15, -0.1) is 0 Å². The Bertz CT molecular complexity index is 449. The summed E-state index contributed by atoms with van der Waals surface area (Å²) in [6.07, 6.45) is 3.75. The van der Waals surface area contributed by atoms with Gasteiger partial charge in [-0.05, 0) is 37.2 Å². The summed E-state index contributed by atoms with van der Waals surface area (Å²) in [6, 6.07) is 17.1. The lowest BCUT2D eigenvalue weighted by molar-refractivity contribution is 0.727. The summed E-state index contributed by atoms with van der Waals surface area (Å²) in [4.78, 5) is 5.49. The average Bonchev–Trinajstić information content (AvgIpc) is 2.51. The molecule has 106 valence electrons. The van der Waals surface area contributed by atoms with Gasteiger partial charge in [0.05, 0.1) is 0 Å². The van der Waals surface area contributed by atoms with E-state index in [2.05, 4.69) is 55.5 Å². The molecule has 2 aromatic carbocycles. The third-order valence-electron chi connectivity index (χ3n) is 2.95. The van der Waals surface area contributed by atoms with Gasteiger partial charge in [0.1, 0.15) is 0 Å². The molecule has 2 aromatic rings. The first-order valence-corrected chi connectivity index (χ1v) is 8.72. The molecule has 1 aliphatic heterocycles. The average molecular weight is 303 g/mol.